The molecule has 0 aliphatic carbocycles. The summed E-state index contributed by atoms with van der Waals surface area (Å²) < 4.78 is 0. The first-order chi connectivity index (χ1) is 6.69. The molecule has 1 aromatic rings. The van der Waals surface area contributed by atoms with Gasteiger partial charge in [-0.15, -0.1) is 6.58 Å². The molecular weight excluding hydrogens is 184 g/mol. The van der Waals surface area contributed by atoms with Crippen LogP contribution in [-0.4, -0.2) is 8.80 Å². The molecular formula is C13H18Si. The van der Waals surface area contributed by atoms with Crippen LogP contribution in [0.1, 0.15) is 11.1 Å². The lowest BCUT2D eigenvalue weighted by molar-refractivity contribution is 1.28. The van der Waals surface area contributed by atoms with E-state index in [4.69, 9.17) is 0 Å². The summed E-state index contributed by atoms with van der Waals surface area (Å²) in [7, 11) is -0.744. The second kappa shape index (κ2) is 4.96. The molecule has 0 aromatic heterocycles. The largest absolute Gasteiger partial charge is 0.103 e. The Hall–Kier alpha value is -1.08. The number of rotatable bonds is 4. The molecule has 0 heterocycles. The van der Waals surface area contributed by atoms with Crippen LogP contribution < -0.4 is 5.19 Å². The molecule has 0 saturated heterocycles. The number of benzene rings is 1. The van der Waals surface area contributed by atoms with Gasteiger partial charge in [0, 0.05) is 0 Å². The van der Waals surface area contributed by atoms with Crippen LogP contribution in [0.15, 0.2) is 37.4 Å². The number of hydrogen-bond acceptors (Lipinski definition) is 0. The van der Waals surface area contributed by atoms with E-state index in [9.17, 15) is 0 Å². The minimum absolute atomic E-state index is 0.744. The summed E-state index contributed by atoms with van der Waals surface area (Å²) in [5.41, 5.74) is 2.67. The quantitative estimate of drug-likeness (QED) is 0.520. The van der Waals surface area contributed by atoms with Crippen LogP contribution in [0.3, 0.4) is 0 Å². The summed E-state index contributed by atoms with van der Waals surface area (Å²) in [5.74, 6) is 0. The van der Waals surface area contributed by atoms with E-state index in [1.165, 1.54) is 16.3 Å². The van der Waals surface area contributed by atoms with Gasteiger partial charge in [0.15, 0.2) is 0 Å². The molecule has 0 unspecified atom stereocenters. The highest BCUT2D eigenvalue weighted by molar-refractivity contribution is 6.71. The van der Waals surface area contributed by atoms with Gasteiger partial charge >= 0.3 is 0 Å². The van der Waals surface area contributed by atoms with Gasteiger partial charge in [-0.3, -0.25) is 0 Å². The molecule has 0 nitrogen and oxygen atoms in total. The molecule has 0 aliphatic heterocycles. The molecule has 1 heteroatoms. The number of allylic oxidation sites excluding steroid dienone is 1. The van der Waals surface area contributed by atoms with Gasteiger partial charge in [-0.1, -0.05) is 55.2 Å². The average Bonchev–Trinajstić information content (AvgIpc) is 2.18. The average molecular weight is 202 g/mol. The highest BCUT2D eigenvalue weighted by Crippen LogP contribution is 2.06. The summed E-state index contributed by atoms with van der Waals surface area (Å²) in [6.45, 7) is 12.3. The van der Waals surface area contributed by atoms with Crippen LogP contribution in [0.5, 0.6) is 0 Å². The molecule has 0 saturated carbocycles. The predicted molar refractivity (Wildman–Crippen MR) is 68.9 cm³/mol. The minimum atomic E-state index is -0.744. The van der Waals surface area contributed by atoms with Crippen molar-refractivity contribution in [1.29, 1.82) is 0 Å². The second-order valence-corrected chi connectivity index (χ2v) is 6.75. The van der Waals surface area contributed by atoms with Crippen LogP contribution in [-0.2, 0) is 6.42 Å². The summed E-state index contributed by atoms with van der Waals surface area (Å²) in [5, 5.41) is 1.51. The lowest BCUT2D eigenvalue weighted by Gasteiger charge is -2.10. The fourth-order valence-electron chi connectivity index (χ4n) is 1.60. The van der Waals surface area contributed by atoms with E-state index in [0.29, 0.717) is 0 Å². The minimum Gasteiger partial charge on any atom is -0.103 e. The Kier molecular flexibility index (Phi) is 3.90. The molecule has 1 rings (SSSR count). The molecule has 0 atom stereocenters. The van der Waals surface area contributed by atoms with E-state index in [1.54, 1.807) is 0 Å². The summed E-state index contributed by atoms with van der Waals surface area (Å²) in [6.07, 6.45) is 4.88. The SMILES string of the molecule is C=CCc1ccc(C=C)c([SiH](C)C)c1. The smallest absolute Gasteiger partial charge is 0.0655 e. The van der Waals surface area contributed by atoms with Crippen molar-refractivity contribution in [2.75, 3.05) is 0 Å². The van der Waals surface area contributed by atoms with Crippen LogP contribution in [0, 0.1) is 0 Å². The Bertz CT molecular complexity index is 337. The van der Waals surface area contributed by atoms with E-state index >= 15 is 0 Å². The molecule has 0 spiro atoms. The first-order valence-electron chi connectivity index (χ1n) is 5.05. The van der Waals surface area contributed by atoms with Crippen molar-refractivity contribution in [3.05, 3.63) is 48.6 Å². The van der Waals surface area contributed by atoms with Crippen molar-refractivity contribution in [2.45, 2.75) is 19.5 Å². The molecule has 14 heavy (non-hydrogen) atoms. The van der Waals surface area contributed by atoms with Gasteiger partial charge in [0.1, 0.15) is 0 Å². The Balaban J connectivity index is 3.13. The molecule has 0 bridgehead atoms. The van der Waals surface area contributed by atoms with Gasteiger partial charge in [-0.25, -0.2) is 0 Å². The summed E-state index contributed by atoms with van der Waals surface area (Å²) >= 11 is 0. The summed E-state index contributed by atoms with van der Waals surface area (Å²) in [4.78, 5) is 0. The first kappa shape index (κ1) is 11.0. The van der Waals surface area contributed by atoms with E-state index in [2.05, 4.69) is 44.5 Å². The molecule has 0 N–H and O–H groups in total. The van der Waals surface area contributed by atoms with Crippen molar-refractivity contribution >= 4 is 20.1 Å². The van der Waals surface area contributed by atoms with Gasteiger partial charge in [-0.05, 0) is 17.5 Å². The topological polar surface area (TPSA) is 0 Å². The van der Waals surface area contributed by atoms with Gasteiger partial charge in [-0.2, -0.15) is 0 Å². The van der Waals surface area contributed by atoms with Gasteiger partial charge in [0.05, 0.1) is 8.80 Å². The Morgan fingerprint density at radius 3 is 2.50 bits per heavy atom. The Morgan fingerprint density at radius 2 is 2.00 bits per heavy atom. The molecule has 0 amide bonds. The van der Waals surface area contributed by atoms with E-state index in [1.807, 2.05) is 12.2 Å². The molecule has 1 aromatic carbocycles. The lowest BCUT2D eigenvalue weighted by atomic mass is 10.1. The van der Waals surface area contributed by atoms with Crippen LogP contribution in [0.2, 0.25) is 13.1 Å². The van der Waals surface area contributed by atoms with Crippen molar-refractivity contribution in [3.63, 3.8) is 0 Å². The predicted octanol–water partition coefficient (Wildman–Crippen LogP) is 2.75. The Labute approximate surface area is 88.6 Å². The molecule has 74 valence electrons. The fraction of sp³-hybridized carbons (Fsp3) is 0.231. The maximum absolute atomic E-state index is 3.85. The van der Waals surface area contributed by atoms with Crippen molar-refractivity contribution in [1.82, 2.24) is 0 Å². The zero-order valence-corrected chi connectivity index (χ0v) is 10.2. The maximum Gasteiger partial charge on any atom is 0.0655 e. The fourth-order valence-corrected chi connectivity index (χ4v) is 3.03. The second-order valence-electron chi connectivity index (χ2n) is 3.81. The maximum atomic E-state index is 3.85. The Morgan fingerprint density at radius 1 is 1.29 bits per heavy atom. The number of hydrogen-bond donors (Lipinski definition) is 0. The third-order valence-corrected chi connectivity index (χ3v) is 4.12. The van der Waals surface area contributed by atoms with E-state index in [-0.39, 0.29) is 0 Å². The van der Waals surface area contributed by atoms with Crippen LogP contribution in [0.25, 0.3) is 6.08 Å². The highest BCUT2D eigenvalue weighted by Gasteiger charge is 2.05. The standard InChI is InChI=1S/C13H18Si/c1-5-7-11-8-9-12(6-2)13(10-11)14(3)4/h5-6,8-10,14H,1-2,7H2,3-4H3. The zero-order chi connectivity index (χ0) is 10.6. The van der Waals surface area contributed by atoms with Crippen molar-refractivity contribution < 1.29 is 0 Å². The van der Waals surface area contributed by atoms with Crippen LogP contribution >= 0.6 is 0 Å². The lowest BCUT2D eigenvalue weighted by Crippen LogP contribution is -2.25. The molecule has 0 fully saturated rings. The normalized spacial score (nSPS) is 10.2. The third kappa shape index (κ3) is 2.45. The van der Waals surface area contributed by atoms with Crippen LogP contribution in [0.4, 0.5) is 0 Å². The zero-order valence-electron chi connectivity index (χ0n) is 9.09. The van der Waals surface area contributed by atoms with Gasteiger partial charge < -0.3 is 0 Å². The monoisotopic (exact) mass is 202 g/mol. The van der Waals surface area contributed by atoms with Crippen molar-refractivity contribution in [3.8, 4) is 0 Å². The summed E-state index contributed by atoms with van der Waals surface area (Å²) in [6, 6.07) is 6.66. The molecule has 0 aliphatic rings. The van der Waals surface area contributed by atoms with E-state index in [0.717, 1.165) is 6.42 Å². The first-order valence-corrected chi connectivity index (χ1v) is 7.94. The highest BCUT2D eigenvalue weighted by atomic mass is 28.3. The third-order valence-electron chi connectivity index (χ3n) is 2.37. The van der Waals surface area contributed by atoms with Gasteiger partial charge in [0.2, 0.25) is 0 Å². The molecule has 0 radical (unpaired) electrons. The van der Waals surface area contributed by atoms with Gasteiger partial charge in [0.25, 0.3) is 0 Å². The van der Waals surface area contributed by atoms with Crippen molar-refractivity contribution in [2.24, 2.45) is 0 Å². The van der Waals surface area contributed by atoms with E-state index < -0.39 is 8.80 Å².